The van der Waals surface area contributed by atoms with Crippen molar-refractivity contribution in [2.75, 3.05) is 0 Å². The van der Waals surface area contributed by atoms with E-state index in [9.17, 15) is 9.46 Å². The second-order valence-corrected chi connectivity index (χ2v) is 10.2. The maximum atomic E-state index is 12.9. The van der Waals surface area contributed by atoms with Gasteiger partial charge < -0.3 is 9.42 Å². The number of benzene rings is 2. The molecule has 4 heteroatoms. The third-order valence-electron chi connectivity index (χ3n) is 4.48. The zero-order valence-corrected chi connectivity index (χ0v) is 16.1. The van der Waals surface area contributed by atoms with Crippen LogP contribution in [0.15, 0.2) is 36.4 Å². The van der Waals surface area contributed by atoms with Crippen LogP contribution in [-0.4, -0.2) is 4.89 Å². The summed E-state index contributed by atoms with van der Waals surface area (Å²) in [5, 5.41) is 0.441. The van der Waals surface area contributed by atoms with Crippen LogP contribution in [0.2, 0.25) is 0 Å². The Morgan fingerprint density at radius 2 is 1.58 bits per heavy atom. The lowest BCUT2D eigenvalue weighted by Crippen LogP contribution is -2.28. The van der Waals surface area contributed by atoms with Gasteiger partial charge in [-0.05, 0) is 34.1 Å². The molecule has 0 spiro atoms. The van der Waals surface area contributed by atoms with Gasteiger partial charge in [0.15, 0.2) is 0 Å². The summed E-state index contributed by atoms with van der Waals surface area (Å²) in [6, 6.07) is 11.7. The molecule has 3 rings (SSSR count). The molecule has 1 atom stereocenters. The van der Waals surface area contributed by atoms with Crippen LogP contribution in [0, 0.1) is 0 Å². The Morgan fingerprint density at radius 1 is 0.917 bits per heavy atom. The minimum Gasteiger partial charge on any atom is -0.421 e. The average molecular weight is 344 g/mol. The van der Waals surface area contributed by atoms with E-state index in [4.69, 9.17) is 4.52 Å². The first-order valence-electron chi connectivity index (χ1n) is 8.22. The lowest BCUT2D eigenvalue weighted by molar-refractivity contribution is 0.391. The molecule has 0 radical (unpaired) electrons. The third kappa shape index (κ3) is 2.81. The second-order valence-electron chi connectivity index (χ2n) is 8.52. The summed E-state index contributed by atoms with van der Waals surface area (Å²) in [5.41, 5.74) is 3.48. The fraction of sp³-hybridized carbons (Fsp3) is 0.400. The van der Waals surface area contributed by atoms with E-state index in [0.29, 0.717) is 11.1 Å². The lowest BCUT2D eigenvalue weighted by atomic mass is 9.83. The van der Waals surface area contributed by atoms with Crippen molar-refractivity contribution in [2.24, 2.45) is 0 Å². The van der Waals surface area contributed by atoms with Gasteiger partial charge in [0.05, 0.1) is 5.30 Å². The van der Waals surface area contributed by atoms with Gasteiger partial charge in [0.2, 0.25) is 0 Å². The van der Waals surface area contributed by atoms with E-state index in [-0.39, 0.29) is 10.8 Å². The van der Waals surface area contributed by atoms with E-state index >= 15 is 0 Å². The van der Waals surface area contributed by atoms with Crippen LogP contribution in [-0.2, 0) is 15.4 Å². The Bertz CT molecular complexity index is 854. The van der Waals surface area contributed by atoms with Crippen molar-refractivity contribution in [1.29, 1.82) is 0 Å². The number of rotatable bonds is 0. The van der Waals surface area contributed by atoms with Crippen LogP contribution < -0.4 is 9.83 Å². The fourth-order valence-electron chi connectivity index (χ4n) is 3.14. The van der Waals surface area contributed by atoms with Gasteiger partial charge in [0.25, 0.3) is 0 Å². The van der Waals surface area contributed by atoms with Crippen molar-refractivity contribution in [3.8, 4) is 16.9 Å². The summed E-state index contributed by atoms with van der Waals surface area (Å²) in [5.74, 6) is 0.479. The third-order valence-corrected chi connectivity index (χ3v) is 5.98. The van der Waals surface area contributed by atoms with E-state index in [1.807, 2.05) is 51.1 Å². The Morgan fingerprint density at radius 3 is 2.17 bits per heavy atom. The van der Waals surface area contributed by atoms with E-state index in [0.717, 1.165) is 16.7 Å². The average Bonchev–Trinajstić information content (AvgIpc) is 2.44. The molecule has 3 nitrogen and oxygen atoms in total. The Labute approximate surface area is 144 Å². The predicted octanol–water partition coefficient (Wildman–Crippen LogP) is 5.15. The van der Waals surface area contributed by atoms with Crippen LogP contribution in [0.4, 0.5) is 0 Å². The lowest BCUT2D eigenvalue weighted by Gasteiger charge is -2.32. The summed E-state index contributed by atoms with van der Waals surface area (Å²) in [6.45, 7) is 12.6. The molecule has 0 fully saturated rings. The molecule has 1 aliphatic rings. The van der Waals surface area contributed by atoms with Crippen molar-refractivity contribution in [3.05, 3.63) is 47.5 Å². The van der Waals surface area contributed by atoms with Gasteiger partial charge in [-0.3, -0.25) is 0 Å². The van der Waals surface area contributed by atoms with Crippen molar-refractivity contribution < 1.29 is 14.0 Å². The highest BCUT2D eigenvalue weighted by atomic mass is 31.2. The fourth-order valence-corrected chi connectivity index (χ4v) is 4.87. The summed E-state index contributed by atoms with van der Waals surface area (Å²) in [7, 11) is -3.90. The van der Waals surface area contributed by atoms with Gasteiger partial charge >= 0.3 is 7.60 Å². The highest BCUT2D eigenvalue weighted by Gasteiger charge is 2.39. The van der Waals surface area contributed by atoms with Gasteiger partial charge in [-0.2, -0.15) is 0 Å². The first-order chi connectivity index (χ1) is 10.9. The maximum absolute atomic E-state index is 12.9. The quantitative estimate of drug-likeness (QED) is 0.672. The van der Waals surface area contributed by atoms with E-state index < -0.39 is 7.60 Å². The smallest absolute Gasteiger partial charge is 0.409 e. The normalized spacial score (nSPS) is 20.1. The van der Waals surface area contributed by atoms with Crippen LogP contribution in [0.25, 0.3) is 11.1 Å². The van der Waals surface area contributed by atoms with Gasteiger partial charge in [-0.1, -0.05) is 65.8 Å². The van der Waals surface area contributed by atoms with E-state index in [1.54, 1.807) is 0 Å². The Kier molecular flexibility index (Phi) is 3.75. The predicted molar refractivity (Wildman–Crippen MR) is 99.4 cm³/mol. The minimum atomic E-state index is -3.90. The van der Waals surface area contributed by atoms with Gasteiger partial charge in [-0.15, -0.1) is 0 Å². The standard InChI is InChI=1S/C20H25O3P/c1-19(2,3)13-10-11-17-15(12-13)14-8-7-9-16(20(4,5)6)18(14)24(21,22)23-17/h7-12H,1-6H3,(H,21,22). The van der Waals surface area contributed by atoms with Crippen molar-refractivity contribution in [2.45, 2.75) is 52.4 Å². The number of fused-ring (bicyclic) bond motifs is 3. The van der Waals surface area contributed by atoms with Crippen LogP contribution in [0.3, 0.4) is 0 Å². The molecule has 24 heavy (non-hydrogen) atoms. The molecule has 0 saturated carbocycles. The largest absolute Gasteiger partial charge is 0.421 e. The second kappa shape index (κ2) is 5.21. The Balaban J connectivity index is 2.34. The zero-order valence-electron chi connectivity index (χ0n) is 15.2. The van der Waals surface area contributed by atoms with Gasteiger partial charge in [0, 0.05) is 11.1 Å². The topological polar surface area (TPSA) is 46.5 Å². The SMILES string of the molecule is CC(C)(C)c1ccc2c(c1)-c1cccc(C(C)(C)C)c1P(=O)(O)O2. The summed E-state index contributed by atoms with van der Waals surface area (Å²) >= 11 is 0. The summed E-state index contributed by atoms with van der Waals surface area (Å²) in [4.78, 5) is 10.6. The first kappa shape index (κ1) is 17.3. The van der Waals surface area contributed by atoms with Gasteiger partial charge in [0.1, 0.15) is 5.75 Å². The summed E-state index contributed by atoms with van der Waals surface area (Å²) < 4.78 is 18.5. The molecule has 0 amide bonds. The molecular weight excluding hydrogens is 319 g/mol. The maximum Gasteiger partial charge on any atom is 0.409 e. The zero-order chi connectivity index (χ0) is 17.9. The van der Waals surface area contributed by atoms with E-state index in [2.05, 4.69) is 26.8 Å². The molecule has 0 saturated heterocycles. The van der Waals surface area contributed by atoms with Crippen LogP contribution in [0.5, 0.6) is 5.75 Å². The molecule has 1 aliphatic heterocycles. The van der Waals surface area contributed by atoms with Crippen LogP contribution >= 0.6 is 7.60 Å². The molecule has 0 aromatic heterocycles. The molecule has 2 aromatic carbocycles. The van der Waals surface area contributed by atoms with Crippen molar-refractivity contribution >= 4 is 12.9 Å². The molecule has 0 bridgehead atoms. The highest BCUT2D eigenvalue weighted by molar-refractivity contribution is 7.62. The highest BCUT2D eigenvalue weighted by Crippen LogP contribution is 2.54. The molecule has 0 aliphatic carbocycles. The molecule has 1 N–H and O–H groups in total. The summed E-state index contributed by atoms with van der Waals surface area (Å²) in [6.07, 6.45) is 0. The van der Waals surface area contributed by atoms with Crippen molar-refractivity contribution in [3.63, 3.8) is 0 Å². The molecule has 128 valence electrons. The first-order valence-corrected chi connectivity index (χ1v) is 9.80. The molecule has 2 aromatic rings. The molecule has 1 unspecified atom stereocenters. The number of hydrogen-bond donors (Lipinski definition) is 1. The van der Waals surface area contributed by atoms with Crippen LogP contribution in [0.1, 0.15) is 52.7 Å². The van der Waals surface area contributed by atoms with E-state index in [1.165, 1.54) is 5.56 Å². The van der Waals surface area contributed by atoms with Crippen molar-refractivity contribution in [1.82, 2.24) is 0 Å². The van der Waals surface area contributed by atoms with Gasteiger partial charge in [-0.25, -0.2) is 4.57 Å². The number of hydrogen-bond acceptors (Lipinski definition) is 2. The minimum absolute atomic E-state index is 0.00279. The molecule has 1 heterocycles. The monoisotopic (exact) mass is 344 g/mol. The molecular formula is C20H25O3P. The Hall–Kier alpha value is -1.57.